The summed E-state index contributed by atoms with van der Waals surface area (Å²) in [4.78, 5) is 0. The van der Waals surface area contributed by atoms with Crippen LogP contribution in [0.3, 0.4) is 0 Å². The monoisotopic (exact) mass is 309 g/mol. The van der Waals surface area contributed by atoms with E-state index in [1.54, 1.807) is 0 Å². The lowest BCUT2D eigenvalue weighted by atomic mass is 10.1. The quantitative estimate of drug-likeness (QED) is 0.783. The van der Waals surface area contributed by atoms with Crippen molar-refractivity contribution in [1.82, 2.24) is 9.78 Å². The van der Waals surface area contributed by atoms with Crippen LogP contribution in [0, 0.1) is 6.20 Å². The van der Waals surface area contributed by atoms with Crippen molar-refractivity contribution in [2.45, 2.75) is 12.4 Å². The summed E-state index contributed by atoms with van der Waals surface area (Å²) < 4.78 is 83.0. The maximum atomic E-state index is 13.0. The summed E-state index contributed by atoms with van der Waals surface area (Å²) >= 11 is 0. The average Bonchev–Trinajstić information content (AvgIpc) is 2.72. The smallest absolute Gasteiger partial charge is 0.420 e. The van der Waals surface area contributed by atoms with Gasteiger partial charge >= 0.3 is 12.4 Å². The summed E-state index contributed by atoms with van der Waals surface area (Å²) in [5, 5.41) is 3.54. The van der Waals surface area contributed by atoms with Crippen LogP contribution in [0.4, 0.5) is 26.3 Å². The van der Waals surface area contributed by atoms with Crippen molar-refractivity contribution in [3.63, 3.8) is 0 Å². The largest absolute Gasteiger partial charge is 0.439 e. The summed E-state index contributed by atoms with van der Waals surface area (Å²) in [5.74, 6) is -1.12. The van der Waals surface area contributed by atoms with E-state index in [1.165, 1.54) is 7.05 Å². The van der Waals surface area contributed by atoms with Gasteiger partial charge in [-0.2, -0.15) is 31.4 Å². The molecule has 1 aromatic heterocycles. The maximum absolute atomic E-state index is 13.0. The molecular formula is C12H7F6N2O. The Morgan fingerprint density at radius 1 is 1.10 bits per heavy atom. The van der Waals surface area contributed by atoms with Crippen LogP contribution in [0.1, 0.15) is 11.1 Å². The number of aryl methyl sites for hydroxylation is 1. The zero-order valence-corrected chi connectivity index (χ0v) is 10.4. The predicted octanol–water partition coefficient (Wildman–Crippen LogP) is 4.05. The zero-order valence-electron chi connectivity index (χ0n) is 10.4. The van der Waals surface area contributed by atoms with Crippen LogP contribution in [0.2, 0.25) is 0 Å². The van der Waals surface area contributed by atoms with Gasteiger partial charge in [0, 0.05) is 13.1 Å². The molecule has 0 aliphatic heterocycles. The highest BCUT2D eigenvalue weighted by Gasteiger charge is 2.45. The number of hydrogen-bond donors (Lipinski definition) is 0. The second-order valence-electron chi connectivity index (χ2n) is 4.01. The molecule has 0 spiro atoms. The molecule has 21 heavy (non-hydrogen) atoms. The van der Waals surface area contributed by atoms with Gasteiger partial charge in [0.15, 0.2) is 0 Å². The number of halogens is 6. The second kappa shape index (κ2) is 4.97. The molecular weight excluding hydrogens is 302 g/mol. The predicted molar refractivity (Wildman–Crippen MR) is 58.6 cm³/mol. The van der Waals surface area contributed by atoms with E-state index in [2.05, 4.69) is 11.3 Å². The van der Waals surface area contributed by atoms with Gasteiger partial charge in [0.1, 0.15) is 17.5 Å². The Hall–Kier alpha value is -2.19. The van der Waals surface area contributed by atoms with Crippen molar-refractivity contribution in [3.8, 4) is 11.6 Å². The van der Waals surface area contributed by atoms with Crippen LogP contribution in [0.15, 0.2) is 24.3 Å². The molecule has 0 atom stereocenters. The Labute approximate surface area is 114 Å². The molecule has 1 heterocycles. The van der Waals surface area contributed by atoms with Gasteiger partial charge in [-0.3, -0.25) is 0 Å². The molecule has 9 heteroatoms. The highest BCUT2D eigenvalue weighted by molar-refractivity contribution is 5.45. The Bertz CT molecular complexity index is 644. The average molecular weight is 309 g/mol. The molecule has 3 nitrogen and oxygen atoms in total. The third-order valence-electron chi connectivity index (χ3n) is 2.54. The molecule has 113 valence electrons. The SMILES string of the molecule is Cn1n[c]cc1Oc1cccc(C(F)(F)F)c1C(F)(F)F. The number of ether oxygens (including phenoxy) is 1. The van der Waals surface area contributed by atoms with Crippen molar-refractivity contribution in [2.24, 2.45) is 7.05 Å². The highest BCUT2D eigenvalue weighted by Crippen LogP contribution is 2.45. The second-order valence-corrected chi connectivity index (χ2v) is 4.01. The van der Waals surface area contributed by atoms with E-state index in [0.717, 1.165) is 22.9 Å². The van der Waals surface area contributed by atoms with Gasteiger partial charge in [-0.1, -0.05) is 6.07 Å². The molecule has 1 radical (unpaired) electrons. The first-order valence-electron chi connectivity index (χ1n) is 5.46. The van der Waals surface area contributed by atoms with E-state index in [-0.39, 0.29) is 5.88 Å². The Balaban J connectivity index is 2.59. The number of benzene rings is 1. The normalized spacial score (nSPS) is 12.5. The Kier molecular flexibility index (Phi) is 3.60. The van der Waals surface area contributed by atoms with E-state index >= 15 is 0 Å². The summed E-state index contributed by atoms with van der Waals surface area (Å²) in [5.41, 5.74) is -3.68. The molecule has 0 N–H and O–H groups in total. The minimum absolute atomic E-state index is 0.167. The number of nitrogens with zero attached hydrogens (tertiary/aromatic N) is 2. The van der Waals surface area contributed by atoms with Crippen LogP contribution in [0.25, 0.3) is 0 Å². The molecule has 0 aliphatic rings. The van der Waals surface area contributed by atoms with Crippen LogP contribution in [0.5, 0.6) is 11.6 Å². The van der Waals surface area contributed by atoms with Crippen LogP contribution < -0.4 is 4.74 Å². The molecule has 2 aromatic rings. The Morgan fingerprint density at radius 3 is 2.24 bits per heavy atom. The van der Waals surface area contributed by atoms with Crippen LogP contribution in [-0.2, 0) is 19.4 Å². The first kappa shape index (κ1) is 15.2. The van der Waals surface area contributed by atoms with Gasteiger partial charge in [0.25, 0.3) is 0 Å². The van der Waals surface area contributed by atoms with Gasteiger partial charge < -0.3 is 4.74 Å². The number of rotatable bonds is 2. The van der Waals surface area contributed by atoms with Crippen molar-refractivity contribution in [2.75, 3.05) is 0 Å². The van der Waals surface area contributed by atoms with Gasteiger partial charge in [-0.25, -0.2) is 4.68 Å². The van der Waals surface area contributed by atoms with Crippen molar-refractivity contribution in [1.29, 1.82) is 0 Å². The van der Waals surface area contributed by atoms with E-state index < -0.39 is 29.2 Å². The fourth-order valence-electron chi connectivity index (χ4n) is 1.67. The topological polar surface area (TPSA) is 27.1 Å². The number of alkyl halides is 6. The molecule has 0 amide bonds. The highest BCUT2D eigenvalue weighted by atomic mass is 19.4. The van der Waals surface area contributed by atoms with E-state index in [1.807, 2.05) is 0 Å². The molecule has 0 unspecified atom stereocenters. The summed E-state index contributed by atoms with van der Waals surface area (Å²) in [7, 11) is 1.35. The number of hydrogen-bond acceptors (Lipinski definition) is 2. The summed E-state index contributed by atoms with van der Waals surface area (Å²) in [6.45, 7) is 0. The minimum atomic E-state index is -5.22. The molecule has 0 aliphatic carbocycles. The van der Waals surface area contributed by atoms with Gasteiger partial charge in [-0.15, -0.1) is 0 Å². The third kappa shape index (κ3) is 3.11. The Morgan fingerprint density at radius 2 is 1.76 bits per heavy atom. The fourth-order valence-corrected chi connectivity index (χ4v) is 1.67. The lowest BCUT2D eigenvalue weighted by molar-refractivity contribution is -0.162. The first-order valence-corrected chi connectivity index (χ1v) is 5.46. The van der Waals surface area contributed by atoms with Crippen molar-refractivity contribution < 1.29 is 31.1 Å². The minimum Gasteiger partial charge on any atom is -0.439 e. The molecule has 0 saturated carbocycles. The molecule has 0 bridgehead atoms. The summed E-state index contributed by atoms with van der Waals surface area (Å²) in [6.07, 6.45) is -8.06. The lowest BCUT2D eigenvalue weighted by Crippen LogP contribution is -2.17. The molecule has 0 saturated heterocycles. The fraction of sp³-hybridized carbons (Fsp3) is 0.250. The standard InChI is InChI=1S/C12H7F6N2O/c1-20-9(5-6-19-20)21-8-4-2-3-7(11(13,14)15)10(8)12(16,17)18/h2-5H,1H3. The van der Waals surface area contributed by atoms with Crippen LogP contribution >= 0.6 is 0 Å². The molecule has 2 rings (SSSR count). The van der Waals surface area contributed by atoms with Crippen molar-refractivity contribution >= 4 is 0 Å². The van der Waals surface area contributed by atoms with Gasteiger partial charge in [0.05, 0.1) is 5.56 Å². The van der Waals surface area contributed by atoms with E-state index in [9.17, 15) is 26.3 Å². The van der Waals surface area contributed by atoms with Crippen LogP contribution in [-0.4, -0.2) is 9.78 Å². The molecule has 0 fully saturated rings. The molecule has 1 aromatic carbocycles. The van der Waals surface area contributed by atoms with E-state index in [4.69, 9.17) is 4.74 Å². The summed E-state index contributed by atoms with van der Waals surface area (Å²) in [6, 6.07) is 3.12. The number of aromatic nitrogens is 2. The van der Waals surface area contributed by atoms with Gasteiger partial charge in [-0.05, 0) is 12.1 Å². The first-order chi connectivity index (χ1) is 9.60. The maximum Gasteiger partial charge on any atom is 0.420 e. The van der Waals surface area contributed by atoms with Gasteiger partial charge in [0.2, 0.25) is 5.88 Å². The zero-order chi connectivity index (χ0) is 15.8. The van der Waals surface area contributed by atoms with E-state index in [0.29, 0.717) is 6.07 Å². The third-order valence-corrected chi connectivity index (χ3v) is 2.54. The lowest BCUT2D eigenvalue weighted by Gasteiger charge is -2.18. The van der Waals surface area contributed by atoms with Crippen molar-refractivity contribution in [3.05, 3.63) is 41.6 Å².